The third-order valence-corrected chi connectivity index (χ3v) is 4.23. The number of hydrogen-bond acceptors (Lipinski definition) is 3. The van der Waals surface area contributed by atoms with Gasteiger partial charge in [0.1, 0.15) is 0 Å². The Morgan fingerprint density at radius 3 is 2.52 bits per heavy atom. The molecule has 0 saturated heterocycles. The molecule has 7 heteroatoms. The highest BCUT2D eigenvalue weighted by atomic mass is 127. The summed E-state index contributed by atoms with van der Waals surface area (Å²) in [6.07, 6.45) is 4.96. The molecule has 1 heterocycles. The predicted octanol–water partition coefficient (Wildman–Crippen LogP) is 3.61. The van der Waals surface area contributed by atoms with Crippen LogP contribution in [0.3, 0.4) is 0 Å². The standard InChI is InChI=1S/C20H31N5O.HI/c1-5-26-19(16(2)3)11-13-22-20(21-4)23-15-17-7-9-18(10-8-17)25-14-6-12-24-25;/h6-10,12,14,16,19H,5,11,13,15H2,1-4H3,(H2,21,22,23);1H. The van der Waals surface area contributed by atoms with E-state index in [0.29, 0.717) is 5.92 Å². The van der Waals surface area contributed by atoms with E-state index in [9.17, 15) is 0 Å². The van der Waals surface area contributed by atoms with Gasteiger partial charge in [0.05, 0.1) is 11.8 Å². The summed E-state index contributed by atoms with van der Waals surface area (Å²) in [6, 6.07) is 10.2. The van der Waals surface area contributed by atoms with Crippen LogP contribution in [-0.4, -0.2) is 42.0 Å². The maximum absolute atomic E-state index is 5.78. The lowest BCUT2D eigenvalue weighted by Gasteiger charge is -2.21. The number of halogens is 1. The molecule has 2 rings (SSSR count). The average Bonchev–Trinajstić information content (AvgIpc) is 3.18. The van der Waals surface area contributed by atoms with Crippen molar-refractivity contribution in [1.29, 1.82) is 0 Å². The Morgan fingerprint density at radius 2 is 1.96 bits per heavy atom. The number of aliphatic imine (C=N–C) groups is 1. The van der Waals surface area contributed by atoms with Crippen molar-refractivity contribution < 1.29 is 4.74 Å². The van der Waals surface area contributed by atoms with Crippen LogP contribution >= 0.6 is 24.0 Å². The Hall–Kier alpha value is -1.61. The summed E-state index contributed by atoms with van der Waals surface area (Å²) in [4.78, 5) is 4.29. The van der Waals surface area contributed by atoms with E-state index in [1.165, 1.54) is 5.56 Å². The van der Waals surface area contributed by atoms with Gasteiger partial charge in [-0.2, -0.15) is 5.10 Å². The molecule has 0 amide bonds. The minimum absolute atomic E-state index is 0. The lowest BCUT2D eigenvalue weighted by atomic mass is 10.0. The second kappa shape index (κ2) is 12.7. The normalized spacial score (nSPS) is 12.6. The van der Waals surface area contributed by atoms with Gasteiger partial charge in [0.2, 0.25) is 0 Å². The van der Waals surface area contributed by atoms with E-state index in [2.05, 4.69) is 58.8 Å². The zero-order valence-corrected chi connectivity index (χ0v) is 19.0. The van der Waals surface area contributed by atoms with Crippen LogP contribution in [0, 0.1) is 5.92 Å². The molecule has 1 aromatic carbocycles. The fourth-order valence-electron chi connectivity index (χ4n) is 2.75. The third-order valence-electron chi connectivity index (χ3n) is 4.23. The molecule has 0 spiro atoms. The number of ether oxygens (including phenoxy) is 1. The van der Waals surface area contributed by atoms with Gasteiger partial charge in [0.15, 0.2) is 5.96 Å². The number of nitrogens with one attached hydrogen (secondary N) is 2. The lowest BCUT2D eigenvalue weighted by molar-refractivity contribution is 0.0258. The van der Waals surface area contributed by atoms with Crippen LogP contribution in [0.1, 0.15) is 32.8 Å². The summed E-state index contributed by atoms with van der Waals surface area (Å²) in [5, 5.41) is 11.0. The first kappa shape index (κ1) is 23.4. The molecule has 2 N–H and O–H groups in total. The summed E-state index contributed by atoms with van der Waals surface area (Å²) in [7, 11) is 1.79. The fourth-order valence-corrected chi connectivity index (χ4v) is 2.75. The van der Waals surface area contributed by atoms with Crippen molar-refractivity contribution in [3.63, 3.8) is 0 Å². The van der Waals surface area contributed by atoms with Gasteiger partial charge in [0, 0.05) is 39.1 Å². The number of hydrogen-bond donors (Lipinski definition) is 2. The molecule has 0 radical (unpaired) electrons. The molecular formula is C20H32IN5O. The van der Waals surface area contributed by atoms with E-state index in [4.69, 9.17) is 4.74 Å². The molecule has 0 saturated carbocycles. The molecule has 1 atom stereocenters. The highest BCUT2D eigenvalue weighted by molar-refractivity contribution is 14.0. The van der Waals surface area contributed by atoms with E-state index < -0.39 is 0 Å². The molecule has 0 aliphatic heterocycles. The summed E-state index contributed by atoms with van der Waals surface area (Å²) >= 11 is 0. The number of aromatic nitrogens is 2. The van der Waals surface area contributed by atoms with Gasteiger partial charge >= 0.3 is 0 Å². The van der Waals surface area contributed by atoms with E-state index in [1.54, 1.807) is 13.2 Å². The minimum atomic E-state index is 0. The Morgan fingerprint density at radius 1 is 1.22 bits per heavy atom. The van der Waals surface area contributed by atoms with Crippen LogP contribution in [0.25, 0.3) is 5.69 Å². The van der Waals surface area contributed by atoms with Gasteiger partial charge in [-0.25, -0.2) is 4.68 Å². The molecule has 1 unspecified atom stereocenters. The minimum Gasteiger partial charge on any atom is -0.378 e. The Balaban J connectivity index is 0.00000364. The van der Waals surface area contributed by atoms with Gasteiger partial charge in [-0.15, -0.1) is 24.0 Å². The number of guanidine groups is 1. The highest BCUT2D eigenvalue weighted by Crippen LogP contribution is 2.10. The molecule has 0 aliphatic carbocycles. The highest BCUT2D eigenvalue weighted by Gasteiger charge is 2.12. The van der Waals surface area contributed by atoms with Crippen LogP contribution in [0.15, 0.2) is 47.7 Å². The Bertz CT molecular complexity index is 656. The van der Waals surface area contributed by atoms with Crippen molar-refractivity contribution in [2.45, 2.75) is 39.8 Å². The second-order valence-electron chi connectivity index (χ2n) is 6.50. The van der Waals surface area contributed by atoms with Gasteiger partial charge in [-0.3, -0.25) is 4.99 Å². The van der Waals surface area contributed by atoms with Crippen LogP contribution in [0.4, 0.5) is 0 Å². The molecule has 0 bridgehead atoms. The molecule has 150 valence electrons. The van der Waals surface area contributed by atoms with E-state index in [1.807, 2.05) is 23.9 Å². The van der Waals surface area contributed by atoms with Gasteiger partial charge in [0.25, 0.3) is 0 Å². The summed E-state index contributed by atoms with van der Waals surface area (Å²) < 4.78 is 7.63. The maximum atomic E-state index is 5.78. The summed E-state index contributed by atoms with van der Waals surface area (Å²) in [6.45, 7) is 8.74. The monoisotopic (exact) mass is 485 g/mol. The van der Waals surface area contributed by atoms with Crippen LogP contribution in [0.5, 0.6) is 0 Å². The van der Waals surface area contributed by atoms with Crippen molar-refractivity contribution >= 4 is 29.9 Å². The largest absolute Gasteiger partial charge is 0.378 e. The zero-order chi connectivity index (χ0) is 18.8. The quantitative estimate of drug-likeness (QED) is 0.324. The maximum Gasteiger partial charge on any atom is 0.191 e. The van der Waals surface area contributed by atoms with Crippen molar-refractivity contribution in [3.05, 3.63) is 48.3 Å². The molecular weight excluding hydrogens is 453 g/mol. The Labute approximate surface area is 179 Å². The van der Waals surface area contributed by atoms with Gasteiger partial charge in [-0.05, 0) is 43.0 Å². The van der Waals surface area contributed by atoms with Crippen molar-refractivity contribution in [2.24, 2.45) is 10.9 Å². The van der Waals surface area contributed by atoms with Gasteiger partial charge < -0.3 is 15.4 Å². The van der Waals surface area contributed by atoms with E-state index in [-0.39, 0.29) is 30.1 Å². The molecule has 27 heavy (non-hydrogen) atoms. The molecule has 0 aliphatic rings. The first-order valence-electron chi connectivity index (χ1n) is 9.29. The summed E-state index contributed by atoms with van der Waals surface area (Å²) in [5.74, 6) is 1.32. The Kier molecular flexibility index (Phi) is 11.0. The molecule has 2 aromatic rings. The average molecular weight is 485 g/mol. The molecule has 6 nitrogen and oxygen atoms in total. The molecule has 1 aromatic heterocycles. The second-order valence-corrected chi connectivity index (χ2v) is 6.50. The fraction of sp³-hybridized carbons (Fsp3) is 0.500. The van der Waals surface area contributed by atoms with Crippen molar-refractivity contribution in [3.8, 4) is 5.69 Å². The van der Waals surface area contributed by atoms with Crippen LogP contribution in [-0.2, 0) is 11.3 Å². The van der Waals surface area contributed by atoms with Gasteiger partial charge in [-0.1, -0.05) is 26.0 Å². The third kappa shape index (κ3) is 7.88. The van der Waals surface area contributed by atoms with Crippen molar-refractivity contribution in [1.82, 2.24) is 20.4 Å². The number of rotatable bonds is 9. The van der Waals surface area contributed by atoms with E-state index >= 15 is 0 Å². The first-order valence-corrected chi connectivity index (χ1v) is 9.29. The molecule has 0 fully saturated rings. The SMILES string of the molecule is CCOC(CCNC(=NC)NCc1ccc(-n2cccn2)cc1)C(C)C.I. The van der Waals surface area contributed by atoms with E-state index in [0.717, 1.165) is 37.8 Å². The smallest absolute Gasteiger partial charge is 0.191 e. The van der Waals surface area contributed by atoms with Crippen LogP contribution in [0.2, 0.25) is 0 Å². The summed E-state index contributed by atoms with van der Waals surface area (Å²) in [5.41, 5.74) is 2.25. The van der Waals surface area contributed by atoms with Crippen LogP contribution < -0.4 is 10.6 Å². The number of benzene rings is 1. The zero-order valence-electron chi connectivity index (χ0n) is 16.7. The lowest BCUT2D eigenvalue weighted by Crippen LogP contribution is -2.38. The first-order chi connectivity index (χ1) is 12.6. The predicted molar refractivity (Wildman–Crippen MR) is 122 cm³/mol. The number of nitrogens with zero attached hydrogens (tertiary/aromatic N) is 3. The van der Waals surface area contributed by atoms with Crippen molar-refractivity contribution in [2.75, 3.05) is 20.2 Å². The topological polar surface area (TPSA) is 63.5 Å².